The van der Waals surface area contributed by atoms with Gasteiger partial charge in [-0.1, -0.05) is 11.6 Å². The van der Waals surface area contributed by atoms with E-state index in [1.54, 1.807) is 0 Å². The Morgan fingerprint density at radius 2 is 1.45 bits per heavy atom. The first-order valence-corrected chi connectivity index (χ1v) is 6.08. The van der Waals surface area contributed by atoms with Gasteiger partial charge in [0.15, 0.2) is 11.6 Å². The summed E-state index contributed by atoms with van der Waals surface area (Å²) in [6.07, 6.45) is 0. The molecule has 2 aromatic carbocycles. The molecule has 0 amide bonds. The van der Waals surface area contributed by atoms with Crippen molar-refractivity contribution in [3.8, 4) is 0 Å². The van der Waals surface area contributed by atoms with E-state index in [9.17, 15) is 17.6 Å². The van der Waals surface area contributed by atoms with Gasteiger partial charge < -0.3 is 5.32 Å². The lowest BCUT2D eigenvalue weighted by Gasteiger charge is -2.19. The SMILES string of the molecule is CNC(c1cc(F)cc(F)c1)c1cc(F)c(F)cc1Cl. The molecule has 0 aliphatic heterocycles. The van der Waals surface area contributed by atoms with E-state index in [1.165, 1.54) is 7.05 Å². The zero-order valence-corrected chi connectivity index (χ0v) is 11.1. The Morgan fingerprint density at radius 3 is 2.00 bits per heavy atom. The molecule has 0 radical (unpaired) electrons. The topological polar surface area (TPSA) is 12.0 Å². The molecule has 20 heavy (non-hydrogen) atoms. The van der Waals surface area contributed by atoms with Gasteiger partial charge in [-0.15, -0.1) is 0 Å². The molecule has 0 bridgehead atoms. The Labute approximate surface area is 118 Å². The molecule has 0 heterocycles. The molecule has 6 heteroatoms. The summed E-state index contributed by atoms with van der Waals surface area (Å²) in [6.45, 7) is 0. The van der Waals surface area contributed by atoms with Gasteiger partial charge in [-0.3, -0.25) is 0 Å². The third-order valence-electron chi connectivity index (χ3n) is 2.86. The molecule has 106 valence electrons. The third-order valence-corrected chi connectivity index (χ3v) is 3.18. The lowest BCUT2D eigenvalue weighted by molar-refractivity contribution is 0.504. The van der Waals surface area contributed by atoms with Crippen LogP contribution in [-0.2, 0) is 0 Å². The van der Waals surface area contributed by atoms with Crippen molar-refractivity contribution in [3.05, 3.63) is 69.8 Å². The molecule has 0 aliphatic rings. The molecule has 1 N–H and O–H groups in total. The number of nitrogens with one attached hydrogen (secondary N) is 1. The van der Waals surface area contributed by atoms with Crippen molar-refractivity contribution in [2.45, 2.75) is 6.04 Å². The summed E-state index contributed by atoms with van der Waals surface area (Å²) < 4.78 is 52.9. The summed E-state index contributed by atoms with van der Waals surface area (Å²) in [5.74, 6) is -3.70. The molecule has 0 saturated carbocycles. The van der Waals surface area contributed by atoms with E-state index in [1.807, 2.05) is 0 Å². The first kappa shape index (κ1) is 14.8. The zero-order chi connectivity index (χ0) is 14.9. The van der Waals surface area contributed by atoms with Gasteiger partial charge in [0.25, 0.3) is 0 Å². The normalized spacial score (nSPS) is 12.5. The van der Waals surface area contributed by atoms with Crippen LogP contribution in [0.2, 0.25) is 5.02 Å². The van der Waals surface area contributed by atoms with Gasteiger partial charge >= 0.3 is 0 Å². The Morgan fingerprint density at radius 1 is 0.900 bits per heavy atom. The highest BCUT2D eigenvalue weighted by Gasteiger charge is 2.19. The van der Waals surface area contributed by atoms with E-state index in [-0.39, 0.29) is 16.1 Å². The van der Waals surface area contributed by atoms with Crippen LogP contribution in [0.25, 0.3) is 0 Å². The first-order chi connectivity index (χ1) is 9.42. The predicted octanol–water partition coefficient (Wildman–Crippen LogP) is 4.21. The fourth-order valence-electron chi connectivity index (χ4n) is 2.00. The van der Waals surface area contributed by atoms with Crippen LogP contribution in [0, 0.1) is 23.3 Å². The maximum atomic E-state index is 13.3. The summed E-state index contributed by atoms with van der Waals surface area (Å²) in [6, 6.07) is 3.89. The monoisotopic (exact) mass is 303 g/mol. The van der Waals surface area contributed by atoms with Gasteiger partial charge in [-0.25, -0.2) is 17.6 Å². The second-order valence-electron chi connectivity index (χ2n) is 4.21. The minimum Gasteiger partial charge on any atom is -0.309 e. The van der Waals surface area contributed by atoms with Crippen molar-refractivity contribution in [2.24, 2.45) is 0 Å². The van der Waals surface area contributed by atoms with Crippen molar-refractivity contribution in [1.29, 1.82) is 0 Å². The van der Waals surface area contributed by atoms with E-state index in [2.05, 4.69) is 5.32 Å². The summed E-state index contributed by atoms with van der Waals surface area (Å²) in [7, 11) is 1.52. The van der Waals surface area contributed by atoms with E-state index in [4.69, 9.17) is 11.6 Å². The Hall–Kier alpha value is -1.59. The molecule has 1 atom stereocenters. The lowest BCUT2D eigenvalue weighted by atomic mass is 9.98. The minimum absolute atomic E-state index is 0.0343. The summed E-state index contributed by atoms with van der Waals surface area (Å²) in [4.78, 5) is 0. The van der Waals surface area contributed by atoms with Crippen LogP contribution >= 0.6 is 11.6 Å². The minimum atomic E-state index is -1.08. The fraction of sp³-hybridized carbons (Fsp3) is 0.143. The van der Waals surface area contributed by atoms with Crippen molar-refractivity contribution in [3.63, 3.8) is 0 Å². The highest BCUT2D eigenvalue weighted by atomic mass is 35.5. The molecule has 0 spiro atoms. The van der Waals surface area contributed by atoms with Crippen LogP contribution in [0.4, 0.5) is 17.6 Å². The van der Waals surface area contributed by atoms with Gasteiger partial charge in [0.05, 0.1) is 6.04 Å². The molecule has 0 aromatic heterocycles. The van der Waals surface area contributed by atoms with Crippen LogP contribution in [0.1, 0.15) is 17.2 Å². The van der Waals surface area contributed by atoms with Crippen molar-refractivity contribution >= 4 is 11.6 Å². The molecule has 2 rings (SSSR count). The van der Waals surface area contributed by atoms with E-state index < -0.39 is 29.3 Å². The second kappa shape index (κ2) is 5.81. The quantitative estimate of drug-likeness (QED) is 0.662. The molecule has 0 saturated heterocycles. The van der Waals surface area contributed by atoms with Gasteiger partial charge in [0.2, 0.25) is 0 Å². The summed E-state index contributed by atoms with van der Waals surface area (Å²) in [5.41, 5.74) is 0.413. The van der Waals surface area contributed by atoms with Crippen molar-refractivity contribution in [1.82, 2.24) is 5.32 Å². The van der Waals surface area contributed by atoms with Crippen LogP contribution < -0.4 is 5.32 Å². The number of halogens is 5. The Bertz CT molecular complexity index is 625. The smallest absolute Gasteiger partial charge is 0.160 e. The highest BCUT2D eigenvalue weighted by Crippen LogP contribution is 2.30. The first-order valence-electron chi connectivity index (χ1n) is 5.70. The van der Waals surface area contributed by atoms with E-state index >= 15 is 0 Å². The standard InChI is InChI=1S/C14H10ClF4N/c1-20-14(7-2-8(16)4-9(17)3-7)10-5-12(18)13(19)6-11(10)15/h2-6,14,20H,1H3. The van der Waals surface area contributed by atoms with Gasteiger partial charge in [-0.05, 0) is 42.4 Å². The average molecular weight is 304 g/mol. The Kier molecular flexibility index (Phi) is 4.30. The van der Waals surface area contributed by atoms with Crippen molar-refractivity contribution in [2.75, 3.05) is 7.05 Å². The highest BCUT2D eigenvalue weighted by molar-refractivity contribution is 6.31. The zero-order valence-electron chi connectivity index (χ0n) is 10.4. The van der Waals surface area contributed by atoms with Crippen molar-refractivity contribution < 1.29 is 17.6 Å². The number of hydrogen-bond acceptors (Lipinski definition) is 1. The molecule has 2 aromatic rings. The lowest BCUT2D eigenvalue weighted by Crippen LogP contribution is -2.19. The fourth-order valence-corrected chi connectivity index (χ4v) is 2.26. The molecule has 0 aliphatic carbocycles. The molecule has 1 unspecified atom stereocenters. The van der Waals surface area contributed by atoms with Crippen LogP contribution in [0.3, 0.4) is 0 Å². The third kappa shape index (κ3) is 2.94. The number of hydrogen-bond donors (Lipinski definition) is 1. The molecule has 0 fully saturated rings. The number of rotatable bonds is 3. The largest absolute Gasteiger partial charge is 0.309 e. The van der Waals surface area contributed by atoms with Crippen LogP contribution in [-0.4, -0.2) is 7.05 Å². The summed E-state index contributed by atoms with van der Waals surface area (Å²) >= 11 is 5.87. The molecule has 1 nitrogen and oxygen atoms in total. The van der Waals surface area contributed by atoms with Gasteiger partial charge in [0, 0.05) is 11.1 Å². The Balaban J connectivity index is 2.55. The second-order valence-corrected chi connectivity index (χ2v) is 4.62. The molecular weight excluding hydrogens is 294 g/mol. The summed E-state index contributed by atoms with van der Waals surface area (Å²) in [5, 5.41) is 2.74. The maximum absolute atomic E-state index is 13.3. The molecular formula is C14H10ClF4N. The average Bonchev–Trinajstić information content (AvgIpc) is 2.35. The predicted molar refractivity (Wildman–Crippen MR) is 68.6 cm³/mol. The maximum Gasteiger partial charge on any atom is 0.160 e. The van der Waals surface area contributed by atoms with E-state index in [0.717, 1.165) is 30.3 Å². The number of benzene rings is 2. The van der Waals surface area contributed by atoms with Gasteiger partial charge in [-0.2, -0.15) is 0 Å². The van der Waals surface area contributed by atoms with Crippen LogP contribution in [0.15, 0.2) is 30.3 Å². The van der Waals surface area contributed by atoms with Gasteiger partial charge in [0.1, 0.15) is 11.6 Å². The van der Waals surface area contributed by atoms with E-state index in [0.29, 0.717) is 0 Å². The van der Waals surface area contributed by atoms with Crippen LogP contribution in [0.5, 0.6) is 0 Å².